The minimum Gasteiger partial charge on any atom is -0.381 e. The first-order chi connectivity index (χ1) is 10.1. The maximum atomic E-state index is 12.2. The molecule has 112 valence electrons. The Morgan fingerprint density at radius 1 is 1.29 bits per heavy atom. The van der Waals surface area contributed by atoms with Crippen LogP contribution in [0.3, 0.4) is 0 Å². The number of hydrogen-bond donors (Lipinski definition) is 2. The number of aryl methyl sites for hydroxylation is 1. The molecule has 0 unspecified atom stereocenters. The highest BCUT2D eigenvalue weighted by atomic mass is 32.2. The summed E-state index contributed by atoms with van der Waals surface area (Å²) in [5, 5.41) is 3.31. The molecule has 1 saturated carbocycles. The van der Waals surface area contributed by atoms with Gasteiger partial charge in [0.25, 0.3) is 10.0 Å². The lowest BCUT2D eigenvalue weighted by atomic mass is 10.4. The SMILES string of the molecule is CCc1ccc(S(=O)(=O)Nc2ccc(NC3CC3)cn2)s1. The highest BCUT2D eigenvalue weighted by Crippen LogP contribution is 2.26. The van der Waals surface area contributed by atoms with E-state index in [1.165, 1.54) is 24.2 Å². The summed E-state index contributed by atoms with van der Waals surface area (Å²) < 4.78 is 27.3. The number of sulfonamides is 1. The van der Waals surface area contributed by atoms with Crippen LogP contribution in [0.2, 0.25) is 0 Å². The molecule has 0 bridgehead atoms. The van der Waals surface area contributed by atoms with Gasteiger partial charge in [0, 0.05) is 10.9 Å². The lowest BCUT2D eigenvalue weighted by molar-refractivity contribution is 0.603. The molecule has 7 heteroatoms. The number of nitrogens with one attached hydrogen (secondary N) is 2. The van der Waals surface area contributed by atoms with Gasteiger partial charge in [0.15, 0.2) is 0 Å². The number of anilines is 2. The minimum atomic E-state index is -3.54. The van der Waals surface area contributed by atoms with Gasteiger partial charge in [-0.05, 0) is 43.5 Å². The molecule has 5 nitrogen and oxygen atoms in total. The van der Waals surface area contributed by atoms with E-state index in [0.29, 0.717) is 16.1 Å². The summed E-state index contributed by atoms with van der Waals surface area (Å²) >= 11 is 1.29. The zero-order valence-electron chi connectivity index (χ0n) is 11.7. The Balaban J connectivity index is 1.71. The lowest BCUT2D eigenvalue weighted by Gasteiger charge is -2.07. The lowest BCUT2D eigenvalue weighted by Crippen LogP contribution is -2.12. The maximum absolute atomic E-state index is 12.2. The van der Waals surface area contributed by atoms with Crippen molar-refractivity contribution in [3.63, 3.8) is 0 Å². The van der Waals surface area contributed by atoms with Crippen molar-refractivity contribution in [1.29, 1.82) is 0 Å². The van der Waals surface area contributed by atoms with Crippen LogP contribution in [0.1, 0.15) is 24.6 Å². The van der Waals surface area contributed by atoms with E-state index in [4.69, 9.17) is 0 Å². The average Bonchev–Trinajstić information content (AvgIpc) is 3.13. The predicted octanol–water partition coefficient (Wildman–Crippen LogP) is 3.08. The van der Waals surface area contributed by atoms with Gasteiger partial charge in [0.1, 0.15) is 10.0 Å². The molecular formula is C14H17N3O2S2. The van der Waals surface area contributed by atoms with Gasteiger partial charge in [-0.15, -0.1) is 11.3 Å². The van der Waals surface area contributed by atoms with E-state index in [0.717, 1.165) is 17.0 Å². The third kappa shape index (κ3) is 3.54. The van der Waals surface area contributed by atoms with Crippen LogP contribution in [0.5, 0.6) is 0 Å². The highest BCUT2D eigenvalue weighted by molar-refractivity contribution is 7.94. The molecule has 0 radical (unpaired) electrons. The first kappa shape index (κ1) is 14.3. The Kier molecular flexibility index (Phi) is 3.86. The minimum absolute atomic E-state index is 0.321. The van der Waals surface area contributed by atoms with E-state index >= 15 is 0 Å². The molecule has 0 atom stereocenters. The van der Waals surface area contributed by atoms with Crippen molar-refractivity contribution in [3.8, 4) is 0 Å². The van der Waals surface area contributed by atoms with Gasteiger partial charge >= 0.3 is 0 Å². The van der Waals surface area contributed by atoms with Crippen LogP contribution in [0.15, 0.2) is 34.7 Å². The summed E-state index contributed by atoms with van der Waals surface area (Å²) in [6.45, 7) is 2.00. The number of thiophene rings is 1. The van der Waals surface area contributed by atoms with Crippen molar-refractivity contribution in [3.05, 3.63) is 35.3 Å². The fourth-order valence-corrected chi connectivity index (χ4v) is 4.19. The van der Waals surface area contributed by atoms with Crippen LogP contribution in [-0.4, -0.2) is 19.4 Å². The molecule has 2 aromatic heterocycles. The molecule has 0 amide bonds. The van der Waals surface area contributed by atoms with Gasteiger partial charge < -0.3 is 5.32 Å². The topological polar surface area (TPSA) is 71.1 Å². The molecule has 0 aromatic carbocycles. The van der Waals surface area contributed by atoms with Gasteiger partial charge in [0.2, 0.25) is 0 Å². The van der Waals surface area contributed by atoms with Gasteiger partial charge in [-0.3, -0.25) is 4.72 Å². The van der Waals surface area contributed by atoms with Crippen LogP contribution < -0.4 is 10.0 Å². The fraction of sp³-hybridized carbons (Fsp3) is 0.357. The van der Waals surface area contributed by atoms with Crippen LogP contribution in [0, 0.1) is 0 Å². The molecule has 0 spiro atoms. The second-order valence-electron chi connectivity index (χ2n) is 5.03. The zero-order valence-corrected chi connectivity index (χ0v) is 13.3. The van der Waals surface area contributed by atoms with E-state index in [1.807, 2.05) is 19.1 Å². The van der Waals surface area contributed by atoms with Crippen LogP contribution in [-0.2, 0) is 16.4 Å². The van der Waals surface area contributed by atoms with Gasteiger partial charge in [-0.2, -0.15) is 0 Å². The van der Waals surface area contributed by atoms with E-state index in [9.17, 15) is 8.42 Å². The first-order valence-electron chi connectivity index (χ1n) is 6.91. The van der Waals surface area contributed by atoms with Gasteiger partial charge in [-0.25, -0.2) is 13.4 Å². The van der Waals surface area contributed by atoms with E-state index in [1.54, 1.807) is 18.3 Å². The van der Waals surface area contributed by atoms with E-state index in [-0.39, 0.29) is 0 Å². The zero-order chi connectivity index (χ0) is 14.9. The highest BCUT2D eigenvalue weighted by Gasteiger charge is 2.21. The molecule has 2 aromatic rings. The second kappa shape index (κ2) is 5.65. The molecule has 2 heterocycles. The quantitative estimate of drug-likeness (QED) is 0.857. The Morgan fingerprint density at radius 2 is 2.10 bits per heavy atom. The number of nitrogens with zero attached hydrogens (tertiary/aromatic N) is 1. The smallest absolute Gasteiger partial charge is 0.272 e. The molecule has 2 N–H and O–H groups in total. The Bertz CT molecular complexity index is 719. The summed E-state index contributed by atoms with van der Waals surface area (Å²) in [5.74, 6) is 0.336. The van der Waals surface area contributed by atoms with Crippen LogP contribution >= 0.6 is 11.3 Å². The molecule has 0 saturated heterocycles. The van der Waals surface area contributed by atoms with Crippen molar-refractivity contribution in [1.82, 2.24) is 4.98 Å². The average molecular weight is 323 g/mol. The van der Waals surface area contributed by atoms with E-state index < -0.39 is 10.0 Å². The molecule has 0 aliphatic heterocycles. The molecule has 21 heavy (non-hydrogen) atoms. The first-order valence-corrected chi connectivity index (χ1v) is 9.21. The Morgan fingerprint density at radius 3 is 2.67 bits per heavy atom. The van der Waals surface area contributed by atoms with Crippen molar-refractivity contribution in [2.75, 3.05) is 10.0 Å². The fourth-order valence-electron chi connectivity index (χ4n) is 1.88. The molecule has 1 fully saturated rings. The number of aromatic nitrogens is 1. The predicted molar refractivity (Wildman–Crippen MR) is 85.4 cm³/mol. The standard InChI is InChI=1S/C14H17N3O2S2/c1-2-12-6-8-14(20-12)21(18,19)17-13-7-5-11(9-15-13)16-10-3-4-10/h5-10,16H,2-4H2,1H3,(H,15,17). The monoisotopic (exact) mass is 323 g/mol. The maximum Gasteiger partial charge on any atom is 0.272 e. The van der Waals surface area contributed by atoms with Crippen LogP contribution in [0.25, 0.3) is 0 Å². The van der Waals surface area contributed by atoms with Gasteiger partial charge in [0.05, 0.1) is 11.9 Å². The Hall–Kier alpha value is -1.60. The number of rotatable bonds is 6. The third-order valence-electron chi connectivity index (χ3n) is 3.20. The van der Waals surface area contributed by atoms with Crippen molar-refractivity contribution >= 4 is 32.9 Å². The van der Waals surface area contributed by atoms with Gasteiger partial charge in [-0.1, -0.05) is 6.92 Å². The second-order valence-corrected chi connectivity index (χ2v) is 8.11. The summed E-state index contributed by atoms with van der Waals surface area (Å²) in [6.07, 6.45) is 4.86. The molecule has 1 aliphatic carbocycles. The summed E-state index contributed by atoms with van der Waals surface area (Å²) in [5.41, 5.74) is 0.921. The third-order valence-corrected chi connectivity index (χ3v) is 6.28. The van der Waals surface area contributed by atoms with Crippen molar-refractivity contribution in [2.45, 2.75) is 36.4 Å². The molecule has 3 rings (SSSR count). The number of hydrogen-bond acceptors (Lipinski definition) is 5. The largest absolute Gasteiger partial charge is 0.381 e. The summed E-state index contributed by atoms with van der Waals surface area (Å²) in [7, 11) is -3.54. The summed E-state index contributed by atoms with van der Waals surface area (Å²) in [4.78, 5) is 5.20. The summed E-state index contributed by atoms with van der Waals surface area (Å²) in [6, 6.07) is 7.54. The van der Waals surface area contributed by atoms with Crippen molar-refractivity contribution < 1.29 is 8.42 Å². The van der Waals surface area contributed by atoms with Crippen LogP contribution in [0.4, 0.5) is 11.5 Å². The normalized spacial score (nSPS) is 14.9. The molecular weight excluding hydrogens is 306 g/mol. The van der Waals surface area contributed by atoms with Crippen molar-refractivity contribution in [2.24, 2.45) is 0 Å². The Labute approximate surface area is 128 Å². The number of pyridine rings is 1. The van der Waals surface area contributed by atoms with E-state index in [2.05, 4.69) is 15.0 Å². The molecule has 1 aliphatic rings.